The minimum atomic E-state index is 0. The molecule has 27 valence electrons. The van der Waals surface area contributed by atoms with E-state index in [0.717, 1.165) is 0 Å². The zero-order valence-corrected chi connectivity index (χ0v) is 7.85. The van der Waals surface area contributed by atoms with Gasteiger partial charge in [-0.3, -0.25) is 0 Å². The average Bonchev–Trinajstić information content (AvgIpc) is 0. The molecule has 0 amide bonds. The van der Waals surface area contributed by atoms with Crippen molar-refractivity contribution in [1.29, 1.82) is 0 Å². The van der Waals surface area contributed by atoms with Crippen molar-refractivity contribution < 1.29 is 34.0 Å². The van der Waals surface area contributed by atoms with Gasteiger partial charge < -0.3 is 34.0 Å². The molecule has 0 aromatic carbocycles. The van der Waals surface area contributed by atoms with Crippen molar-refractivity contribution in [3.05, 3.63) is 0 Å². The van der Waals surface area contributed by atoms with Crippen molar-refractivity contribution in [2.45, 2.75) is 7.43 Å². The maximum absolute atomic E-state index is 0. The Morgan fingerprint density at radius 3 is 0.750 bits per heavy atom. The monoisotopic (exact) mass is 383 g/mol. The molecule has 0 aromatic rings. The normalized spacial score (nSPS) is 0. The van der Waals surface area contributed by atoms with Crippen LogP contribution in [0.4, 0.5) is 0 Å². The van der Waals surface area contributed by atoms with E-state index in [2.05, 4.69) is 0 Å². The smallest absolute Gasteiger partial charge is 1.00 e. The van der Waals surface area contributed by atoms with Crippen LogP contribution in [0.2, 0.25) is 0 Å². The first-order valence-corrected chi connectivity index (χ1v) is 0. The standard InChI is InChI=1S/CH4.Bi.2BrH/h1H4;;2*1H/q;+2;;/p-2. The van der Waals surface area contributed by atoms with Crippen LogP contribution in [0, 0.1) is 0 Å². The van der Waals surface area contributed by atoms with E-state index in [1.54, 1.807) is 0 Å². The largest absolute Gasteiger partial charge is 2.00 e. The molecule has 0 bridgehead atoms. The number of hydrogen-bond acceptors (Lipinski definition) is 0. The zero-order chi connectivity index (χ0) is 0. The topological polar surface area (TPSA) is 0 Å². The molecule has 0 fully saturated rings. The van der Waals surface area contributed by atoms with Crippen LogP contribution in [0.5, 0.6) is 0 Å². The molecule has 0 spiro atoms. The van der Waals surface area contributed by atoms with Gasteiger partial charge in [-0.15, -0.1) is 0 Å². The number of rotatable bonds is 0. The number of hydrogen-bond donors (Lipinski definition) is 0. The molecule has 4 heavy (non-hydrogen) atoms. The summed E-state index contributed by atoms with van der Waals surface area (Å²) in [5.41, 5.74) is 0. The number of halogens is 2. The molecule has 0 nitrogen and oxygen atoms in total. The summed E-state index contributed by atoms with van der Waals surface area (Å²) in [5, 5.41) is 0. The molecule has 0 atom stereocenters. The van der Waals surface area contributed by atoms with Gasteiger partial charge in [0.2, 0.25) is 0 Å². The molecular formula is CH4BiBr2. The molecule has 0 aromatic heterocycles. The second-order valence-corrected chi connectivity index (χ2v) is 0. The summed E-state index contributed by atoms with van der Waals surface area (Å²) < 4.78 is 0. The van der Waals surface area contributed by atoms with Gasteiger partial charge in [0.1, 0.15) is 0 Å². The van der Waals surface area contributed by atoms with Gasteiger partial charge in [0.05, 0.1) is 0 Å². The molecule has 0 N–H and O–H groups in total. The molecule has 3 radical (unpaired) electrons. The van der Waals surface area contributed by atoms with Gasteiger partial charge in [0.25, 0.3) is 0 Å². The van der Waals surface area contributed by atoms with Crippen molar-refractivity contribution in [2.75, 3.05) is 0 Å². The summed E-state index contributed by atoms with van der Waals surface area (Å²) in [6.07, 6.45) is 0. The predicted octanol–water partition coefficient (Wildman–Crippen LogP) is -5.74. The molecule has 0 saturated heterocycles. The molecule has 0 aliphatic rings. The van der Waals surface area contributed by atoms with Crippen molar-refractivity contribution in [1.82, 2.24) is 0 Å². The summed E-state index contributed by atoms with van der Waals surface area (Å²) in [7, 11) is 0. The van der Waals surface area contributed by atoms with Crippen LogP contribution in [-0.2, 0) is 0 Å². The zero-order valence-electron chi connectivity index (χ0n) is 1.20. The van der Waals surface area contributed by atoms with Crippen LogP contribution in [0.25, 0.3) is 0 Å². The van der Waals surface area contributed by atoms with Crippen LogP contribution >= 0.6 is 0 Å². The van der Waals surface area contributed by atoms with Crippen molar-refractivity contribution in [2.24, 2.45) is 0 Å². The Labute approximate surface area is 67.0 Å². The van der Waals surface area contributed by atoms with Crippen LogP contribution in [0.3, 0.4) is 0 Å². The molecule has 0 aliphatic heterocycles. The summed E-state index contributed by atoms with van der Waals surface area (Å²) >= 11 is 0. The van der Waals surface area contributed by atoms with Gasteiger partial charge in [-0.05, 0) is 0 Å². The molecule has 0 rings (SSSR count). The molecule has 0 saturated carbocycles. The van der Waals surface area contributed by atoms with Crippen molar-refractivity contribution >= 4 is 26.2 Å². The van der Waals surface area contributed by atoms with Gasteiger partial charge in [0, 0.05) is 0 Å². The third-order valence-corrected chi connectivity index (χ3v) is 0. The van der Waals surface area contributed by atoms with E-state index >= 15 is 0 Å². The van der Waals surface area contributed by atoms with Gasteiger partial charge in [-0.2, -0.15) is 0 Å². The Hall–Kier alpha value is 1.84. The van der Waals surface area contributed by atoms with E-state index in [0.29, 0.717) is 0 Å². The summed E-state index contributed by atoms with van der Waals surface area (Å²) in [5.74, 6) is 0. The Morgan fingerprint density at radius 2 is 0.750 bits per heavy atom. The maximum Gasteiger partial charge on any atom is 2.00 e. The Kier molecular flexibility index (Phi) is 212. The van der Waals surface area contributed by atoms with Crippen molar-refractivity contribution in [3.8, 4) is 0 Å². The molecule has 3 heteroatoms. The molecule has 0 heterocycles. The fourth-order valence-electron chi connectivity index (χ4n) is 0. The third kappa shape index (κ3) is 9.14. The Balaban J connectivity index is 0. The minimum Gasteiger partial charge on any atom is -1.00 e. The second kappa shape index (κ2) is 21.1. The second-order valence-electron chi connectivity index (χ2n) is 0. The van der Waals surface area contributed by atoms with E-state index in [4.69, 9.17) is 0 Å². The minimum absolute atomic E-state index is 0. The summed E-state index contributed by atoms with van der Waals surface area (Å²) in [6, 6.07) is 0. The summed E-state index contributed by atoms with van der Waals surface area (Å²) in [4.78, 5) is 0. The van der Waals surface area contributed by atoms with Crippen molar-refractivity contribution in [3.63, 3.8) is 0 Å². The molecule has 0 unspecified atom stereocenters. The first kappa shape index (κ1) is 40.3. The van der Waals surface area contributed by atoms with E-state index in [1.807, 2.05) is 0 Å². The van der Waals surface area contributed by atoms with Crippen LogP contribution < -0.4 is 34.0 Å². The SMILES string of the molecule is C.[Bi+2].[Br-].[Br-]. The Morgan fingerprint density at radius 1 is 0.750 bits per heavy atom. The fraction of sp³-hybridized carbons (Fsp3) is 1.00. The van der Waals surface area contributed by atoms with Gasteiger partial charge in [0.15, 0.2) is 0 Å². The fourth-order valence-corrected chi connectivity index (χ4v) is 0. The van der Waals surface area contributed by atoms with Crippen LogP contribution in [0.1, 0.15) is 7.43 Å². The van der Waals surface area contributed by atoms with Gasteiger partial charge in [-0.1, -0.05) is 7.43 Å². The van der Waals surface area contributed by atoms with E-state index in [9.17, 15) is 0 Å². The van der Waals surface area contributed by atoms with Gasteiger partial charge >= 0.3 is 26.2 Å². The van der Waals surface area contributed by atoms with E-state index in [-0.39, 0.29) is 67.6 Å². The third-order valence-electron chi connectivity index (χ3n) is 0. The quantitative estimate of drug-likeness (QED) is 0.365. The molecular weight excluding hydrogens is 381 g/mol. The van der Waals surface area contributed by atoms with Crippen LogP contribution in [0.15, 0.2) is 0 Å². The van der Waals surface area contributed by atoms with E-state index < -0.39 is 0 Å². The molecule has 0 aliphatic carbocycles. The Bertz CT molecular complexity index is 6.00. The summed E-state index contributed by atoms with van der Waals surface area (Å²) in [6.45, 7) is 0. The first-order valence-electron chi connectivity index (χ1n) is 0. The first-order chi connectivity index (χ1) is 0. The van der Waals surface area contributed by atoms with Crippen LogP contribution in [-0.4, -0.2) is 26.2 Å². The van der Waals surface area contributed by atoms with Gasteiger partial charge in [-0.25, -0.2) is 0 Å². The average molecular weight is 385 g/mol. The van der Waals surface area contributed by atoms with E-state index in [1.165, 1.54) is 0 Å². The predicted molar refractivity (Wildman–Crippen MR) is 12.5 cm³/mol. The maximum atomic E-state index is 0.